The lowest BCUT2D eigenvalue weighted by atomic mass is 9.58. The fraction of sp³-hybridized carbons (Fsp3) is 0.920. The minimum Gasteiger partial charge on any atom is -0.481 e. The molecule has 0 aromatic heterocycles. The van der Waals surface area contributed by atoms with Crippen LogP contribution in [0.3, 0.4) is 0 Å². The van der Waals surface area contributed by atoms with Crippen LogP contribution >= 0.6 is 0 Å². The number of rotatable bonds is 9. The van der Waals surface area contributed by atoms with Crippen molar-refractivity contribution in [3.63, 3.8) is 0 Å². The summed E-state index contributed by atoms with van der Waals surface area (Å²) in [4.78, 5) is 26.4. The Morgan fingerprint density at radius 3 is 1.93 bits per heavy atom. The van der Waals surface area contributed by atoms with Gasteiger partial charge in [-0.25, -0.2) is 0 Å². The van der Waals surface area contributed by atoms with Crippen molar-refractivity contribution in [1.82, 2.24) is 0 Å². The van der Waals surface area contributed by atoms with Crippen molar-refractivity contribution in [2.45, 2.75) is 107 Å². The van der Waals surface area contributed by atoms with Crippen LogP contribution in [0.25, 0.3) is 0 Å². The van der Waals surface area contributed by atoms with Crippen molar-refractivity contribution in [1.29, 1.82) is 0 Å². The first-order valence-corrected chi connectivity index (χ1v) is 11.6. The number of carbonyl (C=O) groups excluding carboxylic acids is 1. The van der Waals surface area contributed by atoms with E-state index in [9.17, 15) is 14.7 Å². The number of esters is 1. The molecule has 4 nitrogen and oxygen atoms in total. The third-order valence-corrected chi connectivity index (χ3v) is 6.04. The van der Waals surface area contributed by atoms with Crippen LogP contribution in [0.2, 0.25) is 0 Å². The van der Waals surface area contributed by atoms with Gasteiger partial charge in [-0.3, -0.25) is 9.59 Å². The molecule has 0 aromatic rings. The molecular formula is C25H46O4. The molecule has 29 heavy (non-hydrogen) atoms. The zero-order valence-electron chi connectivity index (χ0n) is 20.3. The largest absolute Gasteiger partial charge is 0.481 e. The molecule has 1 N–H and O–H groups in total. The first-order chi connectivity index (χ1) is 13.2. The number of carboxylic acids is 1. The lowest BCUT2D eigenvalue weighted by Crippen LogP contribution is -2.50. The average molecular weight is 411 g/mol. The van der Waals surface area contributed by atoms with Crippen molar-refractivity contribution in [2.24, 2.45) is 34.0 Å². The second-order valence-electron chi connectivity index (χ2n) is 12.2. The van der Waals surface area contributed by atoms with E-state index in [1.165, 1.54) is 0 Å². The van der Waals surface area contributed by atoms with Gasteiger partial charge in [-0.15, -0.1) is 0 Å². The summed E-state index contributed by atoms with van der Waals surface area (Å²) >= 11 is 0. The van der Waals surface area contributed by atoms with Crippen molar-refractivity contribution < 1.29 is 19.4 Å². The van der Waals surface area contributed by atoms with Crippen LogP contribution in [0.5, 0.6) is 0 Å². The topological polar surface area (TPSA) is 63.6 Å². The molecule has 0 radical (unpaired) electrons. The zero-order valence-corrected chi connectivity index (χ0v) is 20.3. The Bertz CT molecular complexity index is 532. The van der Waals surface area contributed by atoms with E-state index in [1.807, 2.05) is 20.8 Å². The molecule has 2 unspecified atom stereocenters. The Morgan fingerprint density at radius 1 is 0.966 bits per heavy atom. The summed E-state index contributed by atoms with van der Waals surface area (Å²) in [6.07, 6.45) is 7.03. The molecule has 0 aromatic carbocycles. The monoisotopic (exact) mass is 410 g/mol. The number of hydrogen-bond acceptors (Lipinski definition) is 3. The van der Waals surface area contributed by atoms with Crippen LogP contribution in [0.1, 0.15) is 107 Å². The third-order valence-electron chi connectivity index (χ3n) is 6.04. The number of ether oxygens (including phenoxy) is 1. The molecule has 4 heteroatoms. The fourth-order valence-corrected chi connectivity index (χ4v) is 4.93. The van der Waals surface area contributed by atoms with Crippen LogP contribution in [0.4, 0.5) is 0 Å². The van der Waals surface area contributed by atoms with Gasteiger partial charge in [-0.2, -0.15) is 0 Å². The molecule has 0 amide bonds. The van der Waals surface area contributed by atoms with E-state index in [0.29, 0.717) is 25.4 Å². The number of carboxylic acid groups (broad SMARTS) is 1. The number of hydrogen-bond donors (Lipinski definition) is 1. The first kappa shape index (κ1) is 26.0. The van der Waals surface area contributed by atoms with Gasteiger partial charge in [0, 0.05) is 0 Å². The van der Waals surface area contributed by atoms with E-state index in [4.69, 9.17) is 4.74 Å². The minimum absolute atomic E-state index is 0.0537. The molecule has 1 rings (SSSR count). The van der Waals surface area contributed by atoms with E-state index < -0.39 is 17.3 Å². The normalized spacial score (nSPS) is 19.6. The van der Waals surface area contributed by atoms with E-state index >= 15 is 0 Å². The van der Waals surface area contributed by atoms with E-state index in [1.54, 1.807) is 0 Å². The van der Waals surface area contributed by atoms with Gasteiger partial charge in [-0.05, 0) is 54.8 Å². The third kappa shape index (κ3) is 8.30. The van der Waals surface area contributed by atoms with Gasteiger partial charge in [0.25, 0.3) is 0 Å². The number of carbonyl (C=O) groups is 2. The Hall–Kier alpha value is -1.06. The second-order valence-corrected chi connectivity index (χ2v) is 12.2. The SMILES string of the molecule is CC(C)CCC(CC(C)(C)C)(C(=O)OCC(C)(C)C)C(C(=O)O)C1CCCCC1. The van der Waals surface area contributed by atoms with Gasteiger partial charge in [0.05, 0.1) is 17.9 Å². The molecule has 0 spiro atoms. The highest BCUT2D eigenvalue weighted by Crippen LogP contribution is 2.50. The average Bonchev–Trinajstić information content (AvgIpc) is 2.56. The Kier molecular flexibility index (Phi) is 9.23. The maximum absolute atomic E-state index is 13.7. The molecular weight excluding hydrogens is 364 g/mol. The summed E-state index contributed by atoms with van der Waals surface area (Å²) in [5.74, 6) is -1.32. The molecule has 0 bridgehead atoms. The fourth-order valence-electron chi connectivity index (χ4n) is 4.93. The highest BCUT2D eigenvalue weighted by molar-refractivity contribution is 5.85. The standard InChI is InChI=1S/C25H46O4/c1-18(2)14-15-25(16-23(3,4)5,22(28)29-17-24(6,7)8)20(21(26)27)19-12-10-9-11-13-19/h18-20H,9-17H2,1-8H3,(H,26,27). The van der Waals surface area contributed by atoms with Crippen LogP contribution in [-0.4, -0.2) is 23.7 Å². The van der Waals surface area contributed by atoms with Gasteiger partial charge < -0.3 is 9.84 Å². The second kappa shape index (κ2) is 10.3. The zero-order chi connectivity index (χ0) is 22.5. The van der Waals surface area contributed by atoms with Crippen molar-refractivity contribution in [3.8, 4) is 0 Å². The van der Waals surface area contributed by atoms with Gasteiger partial charge in [0.15, 0.2) is 0 Å². The summed E-state index contributed by atoms with van der Waals surface area (Å²) in [7, 11) is 0. The van der Waals surface area contributed by atoms with Crippen molar-refractivity contribution in [2.75, 3.05) is 6.61 Å². The molecule has 0 heterocycles. The summed E-state index contributed by atoms with van der Waals surface area (Å²) in [5, 5.41) is 10.4. The van der Waals surface area contributed by atoms with Crippen LogP contribution in [0, 0.1) is 34.0 Å². The summed E-state index contributed by atoms with van der Waals surface area (Å²) in [6, 6.07) is 0. The smallest absolute Gasteiger partial charge is 0.313 e. The molecule has 1 fully saturated rings. The molecule has 1 saturated carbocycles. The van der Waals surface area contributed by atoms with E-state index in [-0.39, 0.29) is 22.7 Å². The molecule has 1 aliphatic rings. The van der Waals surface area contributed by atoms with Crippen molar-refractivity contribution in [3.05, 3.63) is 0 Å². The molecule has 0 aliphatic heterocycles. The molecule has 1 aliphatic carbocycles. The molecule has 2 atom stereocenters. The van der Waals surface area contributed by atoms with E-state index in [2.05, 4.69) is 34.6 Å². The highest BCUT2D eigenvalue weighted by atomic mass is 16.5. The first-order valence-electron chi connectivity index (χ1n) is 11.6. The van der Waals surface area contributed by atoms with Crippen LogP contribution < -0.4 is 0 Å². The lowest BCUT2D eigenvalue weighted by Gasteiger charge is -2.45. The van der Waals surface area contributed by atoms with Gasteiger partial charge in [0.1, 0.15) is 0 Å². The maximum Gasteiger partial charge on any atom is 0.313 e. The molecule has 0 saturated heterocycles. The van der Waals surface area contributed by atoms with Crippen LogP contribution in [0.15, 0.2) is 0 Å². The Morgan fingerprint density at radius 2 is 1.52 bits per heavy atom. The van der Waals surface area contributed by atoms with Gasteiger partial charge in [-0.1, -0.05) is 74.7 Å². The summed E-state index contributed by atoms with van der Waals surface area (Å²) in [5.41, 5.74) is -1.29. The number of aliphatic carboxylic acids is 1. The van der Waals surface area contributed by atoms with Crippen LogP contribution in [-0.2, 0) is 14.3 Å². The maximum atomic E-state index is 13.7. The predicted molar refractivity (Wildman–Crippen MR) is 119 cm³/mol. The van der Waals surface area contributed by atoms with Gasteiger partial charge >= 0.3 is 11.9 Å². The predicted octanol–water partition coefficient (Wildman–Crippen LogP) is 6.72. The minimum atomic E-state index is -0.971. The molecule has 170 valence electrons. The summed E-state index contributed by atoms with van der Waals surface area (Å²) in [6.45, 7) is 17.0. The Balaban J connectivity index is 3.44. The van der Waals surface area contributed by atoms with Gasteiger partial charge in [0.2, 0.25) is 0 Å². The van der Waals surface area contributed by atoms with Crippen molar-refractivity contribution >= 4 is 11.9 Å². The summed E-state index contributed by atoms with van der Waals surface area (Å²) < 4.78 is 5.87. The lowest BCUT2D eigenvalue weighted by molar-refractivity contribution is -0.177. The Labute approximate surface area is 179 Å². The van der Waals surface area contributed by atoms with E-state index in [0.717, 1.165) is 38.5 Å². The quantitative estimate of drug-likeness (QED) is 0.429. The highest BCUT2D eigenvalue weighted by Gasteiger charge is 2.54.